The number of nitrogens with zero attached hydrogens (tertiary/aromatic N) is 1. The van der Waals surface area contributed by atoms with Crippen molar-refractivity contribution in [1.29, 1.82) is 0 Å². The Morgan fingerprint density at radius 2 is 1.92 bits per heavy atom. The second-order valence-corrected chi connectivity index (χ2v) is 7.90. The van der Waals surface area contributed by atoms with Crippen LogP contribution in [0.2, 0.25) is 5.02 Å². The van der Waals surface area contributed by atoms with Gasteiger partial charge in [0.1, 0.15) is 0 Å². The number of thiocarbonyl (C=S) groups is 1. The Morgan fingerprint density at radius 1 is 1.19 bits per heavy atom. The molecule has 5 heteroatoms. The minimum absolute atomic E-state index is 0.117. The van der Waals surface area contributed by atoms with Crippen LogP contribution in [0.25, 0.3) is 0 Å². The van der Waals surface area contributed by atoms with Crippen LogP contribution in [-0.4, -0.2) is 18.2 Å². The maximum atomic E-state index is 6.17. The highest BCUT2D eigenvalue weighted by atomic mass is 35.5. The molecular weight excluding hydrogens is 362 g/mol. The molecule has 0 amide bonds. The van der Waals surface area contributed by atoms with Crippen LogP contribution in [0.15, 0.2) is 48.5 Å². The van der Waals surface area contributed by atoms with Gasteiger partial charge in [-0.15, -0.1) is 0 Å². The Kier molecular flexibility index (Phi) is 6.38. The average Bonchev–Trinajstić information content (AvgIpc) is 2.64. The van der Waals surface area contributed by atoms with E-state index in [9.17, 15) is 0 Å². The van der Waals surface area contributed by atoms with Crippen molar-refractivity contribution in [1.82, 2.24) is 5.32 Å². The number of piperidine rings is 1. The molecule has 1 heterocycles. The molecule has 3 rings (SSSR count). The predicted molar refractivity (Wildman–Crippen MR) is 116 cm³/mol. The molecule has 26 heavy (non-hydrogen) atoms. The van der Waals surface area contributed by atoms with Crippen molar-refractivity contribution in [3.63, 3.8) is 0 Å². The highest BCUT2D eigenvalue weighted by Gasteiger charge is 2.17. The van der Waals surface area contributed by atoms with Crippen molar-refractivity contribution in [3.05, 3.63) is 59.1 Å². The van der Waals surface area contributed by atoms with Crippen LogP contribution in [0.4, 0.5) is 11.4 Å². The Morgan fingerprint density at radius 3 is 2.62 bits per heavy atom. The van der Waals surface area contributed by atoms with E-state index in [-0.39, 0.29) is 6.04 Å². The van der Waals surface area contributed by atoms with E-state index in [1.54, 1.807) is 0 Å². The highest BCUT2D eigenvalue weighted by molar-refractivity contribution is 7.80. The first-order valence-electron chi connectivity index (χ1n) is 9.20. The topological polar surface area (TPSA) is 27.3 Å². The monoisotopic (exact) mass is 387 g/mol. The fourth-order valence-electron chi connectivity index (χ4n) is 3.40. The molecule has 2 N–H and O–H groups in total. The van der Waals surface area contributed by atoms with Crippen molar-refractivity contribution >= 4 is 40.3 Å². The van der Waals surface area contributed by atoms with E-state index in [2.05, 4.69) is 53.6 Å². The van der Waals surface area contributed by atoms with Crippen LogP contribution in [0.1, 0.15) is 38.3 Å². The first-order valence-corrected chi connectivity index (χ1v) is 9.98. The second kappa shape index (κ2) is 8.74. The van der Waals surface area contributed by atoms with Crippen molar-refractivity contribution in [3.8, 4) is 0 Å². The van der Waals surface area contributed by atoms with Crippen molar-refractivity contribution in [2.24, 2.45) is 5.92 Å². The molecule has 0 spiro atoms. The minimum atomic E-state index is 0.117. The molecular formula is C21H26ClN3S. The van der Waals surface area contributed by atoms with Crippen LogP contribution in [-0.2, 0) is 0 Å². The smallest absolute Gasteiger partial charge is 0.171 e. The summed E-state index contributed by atoms with van der Waals surface area (Å²) in [7, 11) is 0. The molecule has 0 unspecified atom stereocenters. The van der Waals surface area contributed by atoms with Gasteiger partial charge in [-0.05, 0) is 67.7 Å². The van der Waals surface area contributed by atoms with Crippen molar-refractivity contribution < 1.29 is 0 Å². The summed E-state index contributed by atoms with van der Waals surface area (Å²) in [5.41, 5.74) is 3.33. The molecule has 1 saturated heterocycles. The third-order valence-electron chi connectivity index (χ3n) is 4.88. The van der Waals surface area contributed by atoms with E-state index in [1.807, 2.05) is 24.3 Å². The van der Waals surface area contributed by atoms with Gasteiger partial charge in [0.25, 0.3) is 0 Å². The lowest BCUT2D eigenvalue weighted by atomic mass is 9.99. The van der Waals surface area contributed by atoms with E-state index >= 15 is 0 Å². The summed E-state index contributed by atoms with van der Waals surface area (Å²) < 4.78 is 0. The molecule has 2 atom stereocenters. The molecule has 1 fully saturated rings. The van der Waals surface area contributed by atoms with E-state index in [0.717, 1.165) is 24.7 Å². The Hall–Kier alpha value is -1.78. The fourth-order valence-corrected chi connectivity index (χ4v) is 3.87. The zero-order valence-electron chi connectivity index (χ0n) is 15.3. The van der Waals surface area contributed by atoms with E-state index < -0.39 is 0 Å². The highest BCUT2D eigenvalue weighted by Crippen LogP contribution is 2.25. The number of halogens is 1. The SMILES string of the molecule is C[C@@H]1CCCN(c2ccc([C@H](C)NC(=S)Nc3ccccc3Cl)cc2)C1. The molecule has 138 valence electrons. The summed E-state index contributed by atoms with van der Waals surface area (Å²) >= 11 is 11.6. The van der Waals surface area contributed by atoms with Crippen molar-refractivity contribution in [2.75, 3.05) is 23.3 Å². The number of benzene rings is 2. The zero-order chi connectivity index (χ0) is 18.5. The first-order chi connectivity index (χ1) is 12.5. The minimum Gasteiger partial charge on any atom is -0.371 e. The van der Waals surface area contributed by atoms with Crippen LogP contribution < -0.4 is 15.5 Å². The molecule has 1 aliphatic heterocycles. The summed E-state index contributed by atoms with van der Waals surface area (Å²) in [6, 6.07) is 16.5. The molecule has 1 aliphatic rings. The lowest BCUT2D eigenvalue weighted by molar-refractivity contribution is 0.447. The van der Waals surface area contributed by atoms with Crippen LogP contribution in [0.3, 0.4) is 0 Å². The van der Waals surface area contributed by atoms with E-state index in [0.29, 0.717) is 10.1 Å². The molecule has 0 aromatic heterocycles. The van der Waals surface area contributed by atoms with Crippen LogP contribution in [0.5, 0.6) is 0 Å². The van der Waals surface area contributed by atoms with E-state index in [1.165, 1.54) is 24.1 Å². The molecule has 0 bridgehead atoms. The quantitative estimate of drug-likeness (QED) is 0.665. The third kappa shape index (κ3) is 4.89. The lowest BCUT2D eigenvalue weighted by Crippen LogP contribution is -2.34. The number of nitrogens with one attached hydrogen (secondary N) is 2. The molecule has 0 saturated carbocycles. The van der Waals surface area contributed by atoms with Gasteiger partial charge in [-0.3, -0.25) is 0 Å². The Balaban J connectivity index is 1.58. The molecule has 2 aromatic carbocycles. The van der Waals surface area contributed by atoms with Gasteiger partial charge in [-0.25, -0.2) is 0 Å². The number of hydrogen-bond acceptors (Lipinski definition) is 2. The van der Waals surface area contributed by atoms with E-state index in [4.69, 9.17) is 23.8 Å². The van der Waals surface area contributed by atoms with Crippen LogP contribution in [0, 0.1) is 5.92 Å². The van der Waals surface area contributed by atoms with Gasteiger partial charge >= 0.3 is 0 Å². The Bertz CT molecular complexity index is 747. The van der Waals surface area contributed by atoms with Gasteiger partial charge < -0.3 is 15.5 Å². The summed E-state index contributed by atoms with van der Waals surface area (Å²) in [4.78, 5) is 2.49. The molecule has 0 aliphatic carbocycles. The fraction of sp³-hybridized carbons (Fsp3) is 0.381. The lowest BCUT2D eigenvalue weighted by Gasteiger charge is -2.33. The van der Waals surface area contributed by atoms with Crippen molar-refractivity contribution in [2.45, 2.75) is 32.7 Å². The Labute approximate surface area is 166 Å². The maximum absolute atomic E-state index is 6.17. The first kappa shape index (κ1) is 19.0. The van der Waals surface area contributed by atoms with Gasteiger partial charge in [-0.2, -0.15) is 0 Å². The van der Waals surface area contributed by atoms with Gasteiger partial charge in [0, 0.05) is 18.8 Å². The van der Waals surface area contributed by atoms with Crippen LogP contribution >= 0.6 is 23.8 Å². The average molecular weight is 388 g/mol. The summed E-state index contributed by atoms with van der Waals surface area (Å²) in [5, 5.41) is 7.71. The van der Waals surface area contributed by atoms with Gasteiger partial charge in [0.05, 0.1) is 16.8 Å². The standard InChI is InChI=1S/C21H26ClN3S/c1-15-6-5-13-25(14-15)18-11-9-17(10-12-18)16(2)23-21(26)24-20-8-4-3-7-19(20)22/h3-4,7-12,15-16H,5-6,13-14H2,1-2H3,(H2,23,24,26)/t15-,16+/m1/s1. The second-order valence-electron chi connectivity index (χ2n) is 7.08. The van der Waals surface area contributed by atoms with Gasteiger partial charge in [0.2, 0.25) is 0 Å². The number of hydrogen-bond donors (Lipinski definition) is 2. The maximum Gasteiger partial charge on any atom is 0.171 e. The summed E-state index contributed by atoms with van der Waals surface area (Å²) in [5.74, 6) is 0.775. The largest absolute Gasteiger partial charge is 0.371 e. The van der Waals surface area contributed by atoms with Gasteiger partial charge in [0.15, 0.2) is 5.11 Å². The molecule has 3 nitrogen and oxygen atoms in total. The molecule has 2 aromatic rings. The predicted octanol–water partition coefficient (Wildman–Crippen LogP) is 5.62. The summed E-state index contributed by atoms with van der Waals surface area (Å²) in [6.07, 6.45) is 2.62. The van der Waals surface area contributed by atoms with Gasteiger partial charge in [-0.1, -0.05) is 42.8 Å². The third-order valence-corrected chi connectivity index (χ3v) is 5.43. The number of anilines is 2. The summed E-state index contributed by atoms with van der Waals surface area (Å²) in [6.45, 7) is 6.75. The zero-order valence-corrected chi connectivity index (χ0v) is 16.9. The molecule has 0 radical (unpaired) electrons. The number of rotatable bonds is 4. The number of para-hydroxylation sites is 1. The normalized spacial score (nSPS) is 18.3.